The molecule has 1 atom stereocenters. The topological polar surface area (TPSA) is 120 Å². The molecule has 2 aromatic carbocycles. The van der Waals surface area contributed by atoms with Gasteiger partial charge in [-0.15, -0.1) is 0 Å². The van der Waals surface area contributed by atoms with Crippen LogP contribution >= 0.6 is 22.9 Å². The molecule has 0 fully saturated rings. The lowest BCUT2D eigenvalue weighted by Gasteiger charge is -2.24. The number of aromatic nitrogens is 1. The molecule has 3 heterocycles. The van der Waals surface area contributed by atoms with E-state index < -0.39 is 18.0 Å². The highest BCUT2D eigenvalue weighted by Crippen LogP contribution is 2.32. The Labute approximate surface area is 248 Å². The summed E-state index contributed by atoms with van der Waals surface area (Å²) in [5, 5.41) is 9.51. The molecule has 11 heteroatoms. The van der Waals surface area contributed by atoms with Crippen molar-refractivity contribution in [2.45, 2.75) is 19.9 Å². The van der Waals surface area contributed by atoms with Gasteiger partial charge in [-0.1, -0.05) is 47.7 Å². The first kappa shape index (κ1) is 28.8. The van der Waals surface area contributed by atoms with Crippen molar-refractivity contribution in [2.75, 3.05) is 13.2 Å². The summed E-state index contributed by atoms with van der Waals surface area (Å²) < 4.78 is 18.7. The van der Waals surface area contributed by atoms with Gasteiger partial charge >= 0.3 is 11.9 Å². The third-order valence-electron chi connectivity index (χ3n) is 6.46. The summed E-state index contributed by atoms with van der Waals surface area (Å²) in [6, 6.07) is 14.3. The van der Waals surface area contributed by atoms with Crippen LogP contribution in [0.5, 0.6) is 5.75 Å². The zero-order chi connectivity index (χ0) is 30.0. The zero-order valence-electron chi connectivity index (χ0n) is 22.6. The molecule has 1 aliphatic rings. The molecule has 2 aromatic heterocycles. The normalized spacial score (nSPS) is 14.7. The van der Waals surface area contributed by atoms with Crippen LogP contribution in [0.15, 0.2) is 92.7 Å². The predicted octanol–water partition coefficient (Wildman–Crippen LogP) is 4.97. The number of esters is 1. The van der Waals surface area contributed by atoms with E-state index in [9.17, 15) is 19.5 Å². The molecule has 0 aliphatic carbocycles. The number of carbonyl (C=O) groups excluding carboxylic acids is 1. The zero-order valence-corrected chi connectivity index (χ0v) is 24.2. The van der Waals surface area contributed by atoms with Gasteiger partial charge in [0.05, 0.1) is 39.0 Å². The second-order valence-corrected chi connectivity index (χ2v) is 10.6. The van der Waals surface area contributed by atoms with Gasteiger partial charge in [-0.05, 0) is 61.9 Å². The van der Waals surface area contributed by atoms with Crippen LogP contribution in [0.2, 0.25) is 5.02 Å². The number of ether oxygens (including phenoxy) is 2. The molecule has 0 unspecified atom stereocenters. The first-order valence-electron chi connectivity index (χ1n) is 12.9. The lowest BCUT2D eigenvalue weighted by atomic mass is 9.96. The molecule has 0 saturated carbocycles. The first-order valence-corrected chi connectivity index (χ1v) is 14.1. The van der Waals surface area contributed by atoms with Crippen molar-refractivity contribution < 1.29 is 28.6 Å². The average Bonchev–Trinajstić information content (AvgIpc) is 3.55. The molecule has 0 radical (unpaired) electrons. The molecular weight excluding hydrogens is 580 g/mol. The number of aromatic carboxylic acids is 1. The first-order chi connectivity index (χ1) is 20.2. The minimum Gasteiger partial charge on any atom is -0.490 e. The van der Waals surface area contributed by atoms with E-state index in [1.807, 2.05) is 0 Å². The molecule has 1 aliphatic heterocycles. The number of nitrogens with zero attached hydrogens (tertiary/aromatic N) is 2. The van der Waals surface area contributed by atoms with Gasteiger partial charge in [0.2, 0.25) is 0 Å². The Morgan fingerprint density at radius 1 is 1.19 bits per heavy atom. The Bertz CT molecular complexity index is 1920. The number of fused-ring (bicyclic) bond motifs is 1. The van der Waals surface area contributed by atoms with Crippen LogP contribution in [-0.4, -0.2) is 34.8 Å². The minimum absolute atomic E-state index is 0.0477. The summed E-state index contributed by atoms with van der Waals surface area (Å²) in [5.41, 5.74) is 1.52. The lowest BCUT2D eigenvalue weighted by molar-refractivity contribution is -0.139. The lowest BCUT2D eigenvalue weighted by Crippen LogP contribution is -2.39. The molecule has 214 valence electrons. The van der Waals surface area contributed by atoms with Crippen LogP contribution in [0.3, 0.4) is 0 Å². The highest BCUT2D eigenvalue weighted by atomic mass is 35.5. The number of hydrogen-bond acceptors (Lipinski definition) is 8. The number of benzene rings is 2. The maximum absolute atomic E-state index is 13.8. The van der Waals surface area contributed by atoms with Crippen LogP contribution in [0, 0.1) is 0 Å². The summed E-state index contributed by atoms with van der Waals surface area (Å²) >= 11 is 7.16. The van der Waals surface area contributed by atoms with Crippen LogP contribution in [0.1, 0.15) is 41.6 Å². The monoisotopic (exact) mass is 604 g/mol. The van der Waals surface area contributed by atoms with Gasteiger partial charge < -0.3 is 19.0 Å². The van der Waals surface area contributed by atoms with Crippen molar-refractivity contribution in [1.29, 1.82) is 0 Å². The van der Waals surface area contributed by atoms with E-state index in [-0.39, 0.29) is 28.3 Å². The fraction of sp³-hybridized carbons (Fsp3) is 0.161. The Kier molecular flexibility index (Phi) is 8.28. The van der Waals surface area contributed by atoms with Crippen LogP contribution in [0.25, 0.3) is 17.4 Å². The van der Waals surface area contributed by atoms with E-state index in [1.54, 1.807) is 68.5 Å². The SMILES string of the molecule is C=CCOc1ccc([C@@H]2C(C(=O)OCC)=C(C)N=c3s/c(=C\c4ccc(-c5ccc(Cl)c(C(=O)O)c5)o4)c(=O)n32)cc1. The fourth-order valence-corrected chi connectivity index (χ4v) is 5.79. The molecule has 0 saturated heterocycles. The standard InChI is InChI=1S/C31H25ClN2O7S/c1-4-14-40-20-9-6-18(7-10-20)27-26(30(38)39-5-2)17(3)33-31-34(27)28(35)25(42-31)16-21-11-13-24(41-21)19-8-12-23(32)22(15-19)29(36)37/h4,6-13,15-16,27H,1,5,14H2,2-3H3,(H,36,37)/b25-16-/t27-/m1/s1. The molecule has 0 amide bonds. The number of carbonyl (C=O) groups is 2. The van der Waals surface area contributed by atoms with Crippen molar-refractivity contribution in [2.24, 2.45) is 4.99 Å². The second-order valence-electron chi connectivity index (χ2n) is 9.17. The Hall–Kier alpha value is -4.67. The summed E-state index contributed by atoms with van der Waals surface area (Å²) in [6.45, 7) is 7.60. The molecule has 1 N–H and O–H groups in total. The smallest absolute Gasteiger partial charge is 0.338 e. The molecule has 0 bridgehead atoms. The quantitative estimate of drug-likeness (QED) is 0.211. The molecule has 4 aromatic rings. The van der Waals surface area contributed by atoms with Gasteiger partial charge in [-0.2, -0.15) is 0 Å². The van der Waals surface area contributed by atoms with Crippen molar-refractivity contribution in [3.05, 3.63) is 120 Å². The second kappa shape index (κ2) is 12.1. The summed E-state index contributed by atoms with van der Waals surface area (Å²) in [7, 11) is 0. The Balaban J connectivity index is 1.59. The van der Waals surface area contributed by atoms with Crippen molar-refractivity contribution in [3.63, 3.8) is 0 Å². The molecule has 9 nitrogen and oxygen atoms in total. The summed E-state index contributed by atoms with van der Waals surface area (Å²) in [6.07, 6.45) is 3.23. The highest BCUT2D eigenvalue weighted by molar-refractivity contribution is 7.07. The van der Waals surface area contributed by atoms with Gasteiger partial charge in [-0.3, -0.25) is 9.36 Å². The van der Waals surface area contributed by atoms with Crippen LogP contribution < -0.4 is 19.6 Å². The van der Waals surface area contributed by atoms with E-state index >= 15 is 0 Å². The number of allylic oxidation sites excluding steroid dienone is 1. The van der Waals surface area contributed by atoms with Gasteiger partial charge in [0.1, 0.15) is 23.9 Å². The molecular formula is C31H25ClN2O7S. The third kappa shape index (κ3) is 5.59. The number of carboxylic acids is 1. The summed E-state index contributed by atoms with van der Waals surface area (Å²) in [5.74, 6) is -0.298. The number of thiazole rings is 1. The minimum atomic E-state index is -1.15. The van der Waals surface area contributed by atoms with E-state index in [2.05, 4.69) is 11.6 Å². The molecule has 5 rings (SSSR count). The van der Waals surface area contributed by atoms with Gasteiger partial charge in [-0.25, -0.2) is 14.6 Å². The summed E-state index contributed by atoms with van der Waals surface area (Å²) in [4.78, 5) is 43.4. The Morgan fingerprint density at radius 3 is 2.64 bits per heavy atom. The largest absolute Gasteiger partial charge is 0.490 e. The van der Waals surface area contributed by atoms with Gasteiger partial charge in [0.25, 0.3) is 5.56 Å². The molecule has 0 spiro atoms. The van der Waals surface area contributed by atoms with E-state index in [4.69, 9.17) is 25.5 Å². The highest BCUT2D eigenvalue weighted by Gasteiger charge is 2.33. The van der Waals surface area contributed by atoms with E-state index in [0.29, 0.717) is 50.0 Å². The van der Waals surface area contributed by atoms with Gasteiger partial charge in [0, 0.05) is 11.6 Å². The maximum atomic E-state index is 13.8. The fourth-order valence-electron chi connectivity index (χ4n) is 4.57. The van der Waals surface area contributed by atoms with Crippen LogP contribution in [0.4, 0.5) is 0 Å². The number of furan rings is 1. The Morgan fingerprint density at radius 2 is 1.95 bits per heavy atom. The number of hydrogen-bond donors (Lipinski definition) is 1. The molecule has 42 heavy (non-hydrogen) atoms. The number of rotatable bonds is 9. The maximum Gasteiger partial charge on any atom is 0.338 e. The predicted molar refractivity (Wildman–Crippen MR) is 159 cm³/mol. The third-order valence-corrected chi connectivity index (χ3v) is 7.77. The van der Waals surface area contributed by atoms with Gasteiger partial charge in [0.15, 0.2) is 4.80 Å². The number of halogens is 1. The van der Waals surface area contributed by atoms with E-state index in [1.165, 1.54) is 16.7 Å². The van der Waals surface area contributed by atoms with E-state index in [0.717, 1.165) is 11.3 Å². The van der Waals surface area contributed by atoms with Crippen molar-refractivity contribution >= 4 is 41.0 Å². The number of carboxylic acid groups (broad SMARTS) is 1. The average molecular weight is 605 g/mol. The van der Waals surface area contributed by atoms with Crippen molar-refractivity contribution in [1.82, 2.24) is 4.57 Å². The van der Waals surface area contributed by atoms with Crippen molar-refractivity contribution in [3.8, 4) is 17.1 Å². The van der Waals surface area contributed by atoms with Crippen LogP contribution in [-0.2, 0) is 9.53 Å².